The fourth-order valence-corrected chi connectivity index (χ4v) is 3.91. The number of carbonyl (C=O) groups is 1. The van der Waals surface area contributed by atoms with Gasteiger partial charge in [0.15, 0.2) is 11.0 Å². The molecule has 1 N–H and O–H groups in total. The van der Waals surface area contributed by atoms with Crippen molar-refractivity contribution in [3.63, 3.8) is 0 Å². The van der Waals surface area contributed by atoms with E-state index in [1.165, 1.54) is 17.3 Å². The van der Waals surface area contributed by atoms with Gasteiger partial charge in [-0.2, -0.15) is 5.10 Å². The largest absolute Gasteiger partial charge is 0.272 e. The Hall–Kier alpha value is -3.49. The van der Waals surface area contributed by atoms with Gasteiger partial charge in [-0.15, -0.1) is 10.2 Å². The number of nitrogens with one attached hydrogen (secondary N) is 1. The minimum absolute atomic E-state index is 0.132. The Kier molecular flexibility index (Phi) is 7.16. The lowest BCUT2D eigenvalue weighted by Gasteiger charge is -2.10. The molecule has 2 heterocycles. The molecule has 4 rings (SSSR count). The predicted octanol–water partition coefficient (Wildman–Crippen LogP) is 4.92. The lowest BCUT2D eigenvalue weighted by molar-refractivity contribution is -0.118. The van der Waals surface area contributed by atoms with Crippen LogP contribution in [0.15, 0.2) is 83.3 Å². The number of nitrogens with zero attached hydrogens (tertiary/aromatic N) is 5. The number of hydrogen-bond acceptors (Lipinski definition) is 6. The Labute approximate surface area is 200 Å². The van der Waals surface area contributed by atoms with Crippen LogP contribution in [0.1, 0.15) is 18.1 Å². The Balaban J connectivity index is 1.51. The number of aryl methyl sites for hydroxylation is 1. The number of thioether (sulfide) groups is 1. The van der Waals surface area contributed by atoms with Gasteiger partial charge in [0.2, 0.25) is 0 Å². The molecule has 166 valence electrons. The number of benzene rings is 2. The smallest absolute Gasteiger partial charge is 0.250 e. The standard InChI is InChI=1S/C24H21ClN6OS/c1-16-3-5-18(6-4-16)17(2)27-28-22(32)15-33-24-30-29-23(19-11-13-26-14-12-19)31(24)21-9-7-20(25)8-10-21/h3-14H,15H2,1-2H3,(H,28,32)/b27-17-. The van der Waals surface area contributed by atoms with Crippen LogP contribution in [0.2, 0.25) is 5.02 Å². The number of amides is 1. The number of carbonyl (C=O) groups excluding carboxylic acids is 1. The average Bonchev–Trinajstić information content (AvgIpc) is 3.26. The molecule has 0 unspecified atom stereocenters. The summed E-state index contributed by atoms with van der Waals surface area (Å²) >= 11 is 7.34. The van der Waals surface area contributed by atoms with E-state index in [4.69, 9.17) is 11.6 Å². The third-order valence-corrected chi connectivity index (χ3v) is 5.99. The third-order valence-electron chi connectivity index (χ3n) is 4.81. The Morgan fingerprint density at radius 3 is 2.42 bits per heavy atom. The molecular formula is C24H21ClN6OS. The molecule has 0 saturated heterocycles. The average molecular weight is 477 g/mol. The van der Waals surface area contributed by atoms with Crippen LogP contribution in [0, 0.1) is 6.92 Å². The molecule has 1 amide bonds. The second-order valence-corrected chi connectivity index (χ2v) is 8.62. The molecule has 0 radical (unpaired) electrons. The minimum Gasteiger partial charge on any atom is -0.272 e. The number of aromatic nitrogens is 4. The van der Waals surface area contributed by atoms with Crippen LogP contribution in [0.3, 0.4) is 0 Å². The van der Waals surface area contributed by atoms with E-state index in [9.17, 15) is 4.79 Å². The van der Waals surface area contributed by atoms with Crippen LogP contribution in [0.4, 0.5) is 0 Å². The van der Waals surface area contributed by atoms with E-state index < -0.39 is 0 Å². The highest BCUT2D eigenvalue weighted by atomic mass is 35.5. The fraction of sp³-hybridized carbons (Fsp3) is 0.125. The van der Waals surface area contributed by atoms with Crippen molar-refractivity contribution in [3.8, 4) is 17.1 Å². The number of pyridine rings is 1. The summed E-state index contributed by atoms with van der Waals surface area (Å²) in [5, 5.41) is 14.1. The van der Waals surface area contributed by atoms with Gasteiger partial charge < -0.3 is 0 Å². The summed E-state index contributed by atoms with van der Waals surface area (Å²) in [6, 6.07) is 19.1. The molecule has 0 bridgehead atoms. The SMILES string of the molecule is C/C(=N/NC(=O)CSc1nnc(-c2ccncc2)n1-c1ccc(Cl)cc1)c1ccc(C)cc1. The molecule has 4 aromatic rings. The molecule has 2 aromatic carbocycles. The van der Waals surface area contributed by atoms with Crippen LogP contribution >= 0.6 is 23.4 Å². The van der Waals surface area contributed by atoms with Crippen molar-refractivity contribution in [3.05, 3.63) is 89.2 Å². The quantitative estimate of drug-likeness (QED) is 0.232. The van der Waals surface area contributed by atoms with Crippen molar-refractivity contribution in [2.24, 2.45) is 5.10 Å². The van der Waals surface area contributed by atoms with Crippen LogP contribution in [0.5, 0.6) is 0 Å². The van der Waals surface area contributed by atoms with E-state index in [1.807, 2.05) is 66.9 Å². The van der Waals surface area contributed by atoms with Crippen molar-refractivity contribution >= 4 is 35.0 Å². The van der Waals surface area contributed by atoms with E-state index in [-0.39, 0.29) is 11.7 Å². The number of rotatable bonds is 7. The molecule has 33 heavy (non-hydrogen) atoms. The maximum Gasteiger partial charge on any atom is 0.250 e. The molecule has 0 spiro atoms. The maximum atomic E-state index is 12.5. The molecular weight excluding hydrogens is 456 g/mol. The molecule has 0 aliphatic carbocycles. The van der Waals surface area contributed by atoms with Gasteiger partial charge in [0.25, 0.3) is 5.91 Å². The van der Waals surface area contributed by atoms with Gasteiger partial charge in [0, 0.05) is 28.7 Å². The van der Waals surface area contributed by atoms with Crippen LogP contribution in [-0.4, -0.2) is 37.1 Å². The van der Waals surface area contributed by atoms with Crippen molar-refractivity contribution < 1.29 is 4.79 Å². The van der Waals surface area contributed by atoms with Gasteiger partial charge in [-0.1, -0.05) is 53.2 Å². The third kappa shape index (κ3) is 5.66. The van der Waals surface area contributed by atoms with Gasteiger partial charge in [-0.25, -0.2) is 5.43 Å². The summed E-state index contributed by atoms with van der Waals surface area (Å²) in [4.78, 5) is 16.5. The van der Waals surface area contributed by atoms with Gasteiger partial charge in [-0.05, 0) is 55.8 Å². The first-order chi connectivity index (χ1) is 16.0. The van der Waals surface area contributed by atoms with E-state index in [2.05, 4.69) is 25.7 Å². The second kappa shape index (κ2) is 10.4. The molecule has 0 saturated carbocycles. The van der Waals surface area contributed by atoms with Gasteiger partial charge in [-0.3, -0.25) is 14.3 Å². The van der Waals surface area contributed by atoms with Gasteiger partial charge in [0.1, 0.15) is 0 Å². The molecule has 0 atom stereocenters. The Bertz CT molecular complexity index is 1270. The zero-order chi connectivity index (χ0) is 23.2. The first-order valence-corrected chi connectivity index (χ1v) is 11.5. The summed E-state index contributed by atoms with van der Waals surface area (Å²) in [5.74, 6) is 0.547. The summed E-state index contributed by atoms with van der Waals surface area (Å²) in [6.45, 7) is 3.88. The van der Waals surface area contributed by atoms with Crippen molar-refractivity contribution in [2.75, 3.05) is 5.75 Å². The monoisotopic (exact) mass is 476 g/mol. The van der Waals surface area contributed by atoms with E-state index >= 15 is 0 Å². The first kappa shape index (κ1) is 22.7. The molecule has 0 fully saturated rings. The highest BCUT2D eigenvalue weighted by Crippen LogP contribution is 2.28. The van der Waals surface area contributed by atoms with Crippen LogP contribution < -0.4 is 5.43 Å². The highest BCUT2D eigenvalue weighted by Gasteiger charge is 2.17. The Morgan fingerprint density at radius 2 is 1.73 bits per heavy atom. The second-order valence-electron chi connectivity index (χ2n) is 7.24. The normalized spacial score (nSPS) is 11.4. The summed E-state index contributed by atoms with van der Waals surface area (Å²) in [7, 11) is 0. The minimum atomic E-state index is -0.234. The van der Waals surface area contributed by atoms with Crippen molar-refractivity contribution in [1.82, 2.24) is 25.2 Å². The van der Waals surface area contributed by atoms with Crippen LogP contribution in [0.25, 0.3) is 17.1 Å². The number of hydrazone groups is 1. The lowest BCUT2D eigenvalue weighted by Crippen LogP contribution is -2.21. The van der Waals surface area contributed by atoms with Crippen molar-refractivity contribution in [2.45, 2.75) is 19.0 Å². The van der Waals surface area contributed by atoms with E-state index in [0.717, 1.165) is 22.5 Å². The number of hydrogen-bond donors (Lipinski definition) is 1. The Morgan fingerprint density at radius 1 is 1.03 bits per heavy atom. The number of halogens is 1. The fourth-order valence-electron chi connectivity index (χ4n) is 3.04. The summed E-state index contributed by atoms with van der Waals surface area (Å²) < 4.78 is 1.89. The molecule has 7 nitrogen and oxygen atoms in total. The van der Waals surface area contributed by atoms with Gasteiger partial charge in [0.05, 0.1) is 11.5 Å². The summed E-state index contributed by atoms with van der Waals surface area (Å²) in [5.41, 5.74) is 7.18. The topological polar surface area (TPSA) is 85.1 Å². The van der Waals surface area contributed by atoms with Crippen molar-refractivity contribution in [1.29, 1.82) is 0 Å². The molecule has 2 aromatic heterocycles. The molecule has 9 heteroatoms. The van der Waals surface area contributed by atoms with E-state index in [0.29, 0.717) is 16.0 Å². The highest BCUT2D eigenvalue weighted by molar-refractivity contribution is 7.99. The van der Waals surface area contributed by atoms with E-state index in [1.54, 1.807) is 24.5 Å². The zero-order valence-corrected chi connectivity index (χ0v) is 19.6. The summed E-state index contributed by atoms with van der Waals surface area (Å²) in [6.07, 6.45) is 3.40. The molecule has 0 aliphatic heterocycles. The lowest BCUT2D eigenvalue weighted by atomic mass is 10.1. The zero-order valence-electron chi connectivity index (χ0n) is 18.1. The first-order valence-electron chi connectivity index (χ1n) is 10.2. The van der Waals surface area contributed by atoms with Gasteiger partial charge >= 0.3 is 0 Å². The van der Waals surface area contributed by atoms with Crippen LogP contribution in [-0.2, 0) is 4.79 Å². The predicted molar refractivity (Wildman–Crippen MR) is 132 cm³/mol. The maximum absolute atomic E-state index is 12.5. The molecule has 0 aliphatic rings.